The van der Waals surface area contributed by atoms with E-state index in [-0.39, 0.29) is 11.6 Å². The zero-order chi connectivity index (χ0) is 14.6. The van der Waals surface area contributed by atoms with Gasteiger partial charge in [0.25, 0.3) is 0 Å². The Bertz CT molecular complexity index is 444. The van der Waals surface area contributed by atoms with Gasteiger partial charge in [-0.05, 0) is 56.5 Å². The van der Waals surface area contributed by atoms with Gasteiger partial charge in [-0.3, -0.25) is 0 Å². The maximum absolute atomic E-state index is 6.12. The molecule has 1 aliphatic heterocycles. The number of hydrogen-bond acceptors (Lipinski definition) is 3. The van der Waals surface area contributed by atoms with Gasteiger partial charge < -0.3 is 14.8 Å². The predicted octanol–water partition coefficient (Wildman–Crippen LogP) is 3.44. The zero-order valence-electron chi connectivity index (χ0n) is 12.5. The van der Waals surface area contributed by atoms with E-state index in [0.29, 0.717) is 0 Å². The molecule has 112 valence electrons. The molecule has 0 aromatic heterocycles. The summed E-state index contributed by atoms with van der Waals surface area (Å²) >= 11 is 6.12. The molecule has 0 amide bonds. The Balaban J connectivity index is 2.21. The third kappa shape index (κ3) is 3.46. The van der Waals surface area contributed by atoms with Crippen molar-refractivity contribution >= 4 is 11.6 Å². The van der Waals surface area contributed by atoms with Gasteiger partial charge in [-0.2, -0.15) is 0 Å². The van der Waals surface area contributed by atoms with Gasteiger partial charge in [-0.15, -0.1) is 0 Å². The molecule has 2 rings (SSSR count). The molecule has 0 aliphatic carbocycles. The summed E-state index contributed by atoms with van der Waals surface area (Å²) in [5, 5.41) is 4.30. The summed E-state index contributed by atoms with van der Waals surface area (Å²) in [4.78, 5) is 0. The van der Waals surface area contributed by atoms with Crippen molar-refractivity contribution in [2.75, 3.05) is 20.3 Å². The molecule has 0 spiro atoms. The Labute approximate surface area is 126 Å². The van der Waals surface area contributed by atoms with E-state index in [4.69, 9.17) is 21.1 Å². The second-order valence-corrected chi connectivity index (χ2v) is 5.97. The van der Waals surface area contributed by atoms with Crippen molar-refractivity contribution in [2.24, 2.45) is 0 Å². The fraction of sp³-hybridized carbons (Fsp3) is 0.625. The van der Waals surface area contributed by atoms with Crippen molar-refractivity contribution in [3.63, 3.8) is 0 Å². The Morgan fingerprint density at radius 3 is 2.90 bits per heavy atom. The summed E-state index contributed by atoms with van der Waals surface area (Å²) in [5.74, 6) is 0.888. The van der Waals surface area contributed by atoms with E-state index in [0.717, 1.165) is 48.7 Å². The van der Waals surface area contributed by atoms with Gasteiger partial charge in [-0.1, -0.05) is 18.5 Å². The highest BCUT2D eigenvalue weighted by Crippen LogP contribution is 2.32. The molecule has 1 saturated heterocycles. The van der Waals surface area contributed by atoms with Gasteiger partial charge in [-0.25, -0.2) is 0 Å². The lowest BCUT2D eigenvalue weighted by atomic mass is 9.88. The Kier molecular flexibility index (Phi) is 5.30. The minimum Gasteiger partial charge on any atom is -0.496 e. The minimum atomic E-state index is -0.108. The Morgan fingerprint density at radius 1 is 1.50 bits per heavy atom. The summed E-state index contributed by atoms with van der Waals surface area (Å²) < 4.78 is 11.4. The molecule has 1 N–H and O–H groups in total. The van der Waals surface area contributed by atoms with Crippen LogP contribution >= 0.6 is 11.6 Å². The first-order chi connectivity index (χ1) is 9.59. The molecular formula is C16H24ClNO2. The van der Waals surface area contributed by atoms with E-state index in [1.54, 1.807) is 7.11 Å². The SMILES string of the molecule is CCNC(Cc1cc(Cl)ccc1OC)C1(C)CCCO1. The quantitative estimate of drug-likeness (QED) is 0.872. The van der Waals surface area contributed by atoms with Gasteiger partial charge >= 0.3 is 0 Å². The average Bonchev–Trinajstić information content (AvgIpc) is 2.87. The summed E-state index contributed by atoms with van der Waals surface area (Å²) in [6.45, 7) is 6.10. The van der Waals surface area contributed by atoms with Crippen LogP contribution in [0, 0.1) is 0 Å². The number of halogens is 1. The first kappa shape index (κ1) is 15.6. The second kappa shape index (κ2) is 6.79. The molecule has 0 saturated carbocycles. The molecule has 0 bridgehead atoms. The molecule has 3 nitrogen and oxygen atoms in total. The lowest BCUT2D eigenvalue weighted by Crippen LogP contribution is -2.49. The zero-order valence-corrected chi connectivity index (χ0v) is 13.3. The van der Waals surface area contributed by atoms with Crippen molar-refractivity contribution in [3.8, 4) is 5.75 Å². The van der Waals surface area contributed by atoms with E-state index in [1.807, 2.05) is 18.2 Å². The summed E-state index contributed by atoms with van der Waals surface area (Å²) in [6.07, 6.45) is 3.08. The molecule has 1 aliphatic rings. The lowest BCUT2D eigenvalue weighted by molar-refractivity contribution is -0.0111. The van der Waals surface area contributed by atoms with E-state index in [9.17, 15) is 0 Å². The van der Waals surface area contributed by atoms with Crippen LogP contribution in [0.1, 0.15) is 32.3 Å². The van der Waals surface area contributed by atoms with Gasteiger partial charge in [0.15, 0.2) is 0 Å². The number of nitrogens with one attached hydrogen (secondary N) is 1. The van der Waals surface area contributed by atoms with Crippen LogP contribution in [0.15, 0.2) is 18.2 Å². The monoisotopic (exact) mass is 297 g/mol. The van der Waals surface area contributed by atoms with Crippen LogP contribution in [-0.4, -0.2) is 31.9 Å². The molecule has 1 heterocycles. The van der Waals surface area contributed by atoms with Crippen molar-refractivity contribution in [1.29, 1.82) is 0 Å². The van der Waals surface area contributed by atoms with Crippen LogP contribution in [0.5, 0.6) is 5.75 Å². The van der Waals surface area contributed by atoms with Crippen LogP contribution in [0.25, 0.3) is 0 Å². The third-order valence-electron chi connectivity index (χ3n) is 4.10. The highest BCUT2D eigenvalue weighted by atomic mass is 35.5. The van der Waals surface area contributed by atoms with Gasteiger partial charge in [0.05, 0.1) is 12.7 Å². The van der Waals surface area contributed by atoms with Crippen molar-refractivity contribution < 1.29 is 9.47 Å². The molecule has 2 atom stereocenters. The minimum absolute atomic E-state index is 0.108. The van der Waals surface area contributed by atoms with Crippen LogP contribution in [0.3, 0.4) is 0 Å². The second-order valence-electron chi connectivity index (χ2n) is 5.54. The highest BCUT2D eigenvalue weighted by Gasteiger charge is 2.38. The fourth-order valence-electron chi connectivity index (χ4n) is 2.95. The Hall–Kier alpha value is -0.770. The number of likely N-dealkylation sites (N-methyl/N-ethyl adjacent to an activating group) is 1. The summed E-state index contributed by atoms with van der Waals surface area (Å²) in [5.41, 5.74) is 1.02. The standard InChI is InChI=1S/C16H24ClNO2/c1-4-18-15(16(2)8-5-9-20-16)11-12-10-13(17)6-7-14(12)19-3/h6-7,10,15,18H,4-5,8-9,11H2,1-3H3. The topological polar surface area (TPSA) is 30.5 Å². The van der Waals surface area contributed by atoms with Crippen LogP contribution in [0.4, 0.5) is 0 Å². The molecule has 0 radical (unpaired) electrons. The number of benzene rings is 1. The number of rotatable bonds is 6. The van der Waals surface area contributed by atoms with Crippen molar-refractivity contribution in [1.82, 2.24) is 5.32 Å². The van der Waals surface area contributed by atoms with E-state index in [2.05, 4.69) is 19.2 Å². The summed E-state index contributed by atoms with van der Waals surface area (Å²) in [6, 6.07) is 6.05. The van der Waals surface area contributed by atoms with Gasteiger partial charge in [0.2, 0.25) is 0 Å². The largest absolute Gasteiger partial charge is 0.496 e. The van der Waals surface area contributed by atoms with Crippen molar-refractivity contribution in [3.05, 3.63) is 28.8 Å². The smallest absolute Gasteiger partial charge is 0.122 e. The van der Waals surface area contributed by atoms with E-state index >= 15 is 0 Å². The van der Waals surface area contributed by atoms with Crippen LogP contribution in [-0.2, 0) is 11.2 Å². The normalized spacial score (nSPS) is 23.8. The van der Waals surface area contributed by atoms with Gasteiger partial charge in [0.1, 0.15) is 5.75 Å². The average molecular weight is 298 g/mol. The third-order valence-corrected chi connectivity index (χ3v) is 4.34. The lowest BCUT2D eigenvalue weighted by Gasteiger charge is -2.34. The maximum Gasteiger partial charge on any atom is 0.122 e. The molecule has 20 heavy (non-hydrogen) atoms. The highest BCUT2D eigenvalue weighted by molar-refractivity contribution is 6.30. The predicted molar refractivity (Wildman–Crippen MR) is 82.8 cm³/mol. The molecular weight excluding hydrogens is 274 g/mol. The maximum atomic E-state index is 6.12. The Morgan fingerprint density at radius 2 is 2.30 bits per heavy atom. The van der Waals surface area contributed by atoms with E-state index in [1.165, 1.54) is 0 Å². The van der Waals surface area contributed by atoms with Crippen LogP contribution < -0.4 is 10.1 Å². The van der Waals surface area contributed by atoms with E-state index < -0.39 is 0 Å². The first-order valence-electron chi connectivity index (χ1n) is 7.29. The number of ether oxygens (including phenoxy) is 2. The number of hydrogen-bond donors (Lipinski definition) is 1. The van der Waals surface area contributed by atoms with Gasteiger partial charge in [0, 0.05) is 17.7 Å². The fourth-order valence-corrected chi connectivity index (χ4v) is 3.15. The summed E-state index contributed by atoms with van der Waals surface area (Å²) in [7, 11) is 1.70. The van der Waals surface area contributed by atoms with Crippen LogP contribution in [0.2, 0.25) is 5.02 Å². The van der Waals surface area contributed by atoms with Crippen molar-refractivity contribution in [2.45, 2.75) is 44.8 Å². The number of methoxy groups -OCH3 is 1. The first-order valence-corrected chi connectivity index (χ1v) is 7.66. The molecule has 2 unspecified atom stereocenters. The molecule has 1 fully saturated rings. The molecule has 1 aromatic carbocycles. The molecule has 1 aromatic rings. The molecule has 4 heteroatoms.